The molecule has 20 heavy (non-hydrogen) atoms. The van der Waals surface area contributed by atoms with E-state index in [-0.39, 0.29) is 14.8 Å². The molecule has 0 saturated heterocycles. The van der Waals surface area contributed by atoms with Crippen LogP contribution in [0, 0.1) is 11.3 Å². The maximum atomic E-state index is 12.1. The summed E-state index contributed by atoms with van der Waals surface area (Å²) in [6, 6.07) is 6.12. The van der Waals surface area contributed by atoms with Gasteiger partial charge in [-0.15, -0.1) is 22.7 Å². The van der Waals surface area contributed by atoms with Gasteiger partial charge in [0.25, 0.3) is 10.0 Å². The Labute approximate surface area is 123 Å². The number of rotatable bonds is 4. The predicted molar refractivity (Wildman–Crippen MR) is 75.5 cm³/mol. The summed E-state index contributed by atoms with van der Waals surface area (Å²) in [5.41, 5.74) is 0.161. The summed E-state index contributed by atoms with van der Waals surface area (Å²) >= 11 is 1.93. The third-order valence-corrected chi connectivity index (χ3v) is 5.98. The number of nitrogens with one attached hydrogen (secondary N) is 1. The van der Waals surface area contributed by atoms with Gasteiger partial charge in [0.1, 0.15) is 20.0 Å². The number of nitriles is 1. The zero-order valence-corrected chi connectivity index (χ0v) is 12.6. The van der Waals surface area contributed by atoms with Crippen LogP contribution in [-0.4, -0.2) is 21.5 Å². The molecule has 0 spiro atoms. The summed E-state index contributed by atoms with van der Waals surface area (Å²) in [5, 5.41) is 10.3. The highest BCUT2D eigenvalue weighted by Crippen LogP contribution is 2.28. The van der Waals surface area contributed by atoms with Crippen molar-refractivity contribution in [3.8, 4) is 6.07 Å². The van der Waals surface area contributed by atoms with E-state index < -0.39 is 16.0 Å². The van der Waals surface area contributed by atoms with Crippen molar-refractivity contribution in [2.75, 3.05) is 11.8 Å². The normalized spacial score (nSPS) is 10.8. The van der Waals surface area contributed by atoms with Crippen LogP contribution in [0.3, 0.4) is 0 Å². The first-order valence-corrected chi connectivity index (χ1v) is 8.34. The smallest absolute Gasteiger partial charge is 0.350 e. The number of anilines is 1. The van der Waals surface area contributed by atoms with E-state index in [1.165, 1.54) is 25.3 Å². The van der Waals surface area contributed by atoms with E-state index in [1.54, 1.807) is 5.38 Å². The lowest BCUT2D eigenvalue weighted by molar-refractivity contribution is 0.0607. The molecule has 0 aromatic carbocycles. The van der Waals surface area contributed by atoms with Crippen LogP contribution in [0.15, 0.2) is 27.8 Å². The van der Waals surface area contributed by atoms with Gasteiger partial charge >= 0.3 is 5.97 Å². The number of ether oxygens (including phenoxy) is 1. The molecule has 0 aliphatic carbocycles. The highest BCUT2D eigenvalue weighted by atomic mass is 32.2. The first-order valence-electron chi connectivity index (χ1n) is 5.16. The van der Waals surface area contributed by atoms with Crippen LogP contribution in [0.2, 0.25) is 0 Å². The second-order valence-electron chi connectivity index (χ2n) is 3.49. The number of carbonyl (C=O) groups excluding carboxylic acids is 1. The lowest BCUT2D eigenvalue weighted by atomic mass is 10.4. The van der Waals surface area contributed by atoms with Crippen LogP contribution >= 0.6 is 22.7 Å². The lowest BCUT2D eigenvalue weighted by Crippen LogP contribution is -2.13. The number of hydrogen-bond acceptors (Lipinski definition) is 7. The Morgan fingerprint density at radius 1 is 1.40 bits per heavy atom. The van der Waals surface area contributed by atoms with Gasteiger partial charge in [-0.1, -0.05) is 0 Å². The van der Waals surface area contributed by atoms with Crippen LogP contribution in [0.4, 0.5) is 5.69 Å². The minimum absolute atomic E-state index is 0.0102. The molecule has 2 heterocycles. The Hall–Kier alpha value is -1.89. The predicted octanol–water partition coefficient (Wildman–Crippen LogP) is 2.27. The van der Waals surface area contributed by atoms with Crippen LogP contribution in [0.5, 0.6) is 0 Å². The fourth-order valence-corrected chi connectivity index (χ4v) is 4.37. The third kappa shape index (κ3) is 2.82. The molecule has 2 aromatic heterocycles. The Bertz CT molecular complexity index is 783. The van der Waals surface area contributed by atoms with E-state index in [0.29, 0.717) is 4.88 Å². The molecule has 0 fully saturated rings. The number of carbonyl (C=O) groups is 1. The Balaban J connectivity index is 2.32. The topological polar surface area (TPSA) is 96.3 Å². The van der Waals surface area contributed by atoms with Gasteiger partial charge in [0, 0.05) is 0 Å². The molecule has 2 rings (SSSR count). The average molecular weight is 328 g/mol. The van der Waals surface area contributed by atoms with E-state index in [1.807, 2.05) is 6.07 Å². The molecule has 0 unspecified atom stereocenters. The van der Waals surface area contributed by atoms with Gasteiger partial charge in [0.15, 0.2) is 0 Å². The SMILES string of the molecule is COC(=O)c1sccc1NS(=O)(=O)c1ccc(C#N)s1. The Kier molecular flexibility index (Phi) is 4.08. The highest BCUT2D eigenvalue weighted by molar-refractivity contribution is 7.94. The van der Waals surface area contributed by atoms with Gasteiger partial charge in [-0.25, -0.2) is 13.2 Å². The monoisotopic (exact) mass is 328 g/mol. The van der Waals surface area contributed by atoms with E-state index in [2.05, 4.69) is 9.46 Å². The minimum Gasteiger partial charge on any atom is -0.465 e. The number of nitrogens with zero attached hydrogens (tertiary/aromatic N) is 1. The van der Waals surface area contributed by atoms with E-state index in [0.717, 1.165) is 22.7 Å². The molecule has 0 amide bonds. The number of hydrogen-bond donors (Lipinski definition) is 1. The van der Waals surface area contributed by atoms with Gasteiger partial charge in [0.2, 0.25) is 0 Å². The van der Waals surface area contributed by atoms with Crippen molar-refractivity contribution < 1.29 is 17.9 Å². The molecular formula is C11H8N2O4S3. The summed E-state index contributed by atoms with van der Waals surface area (Å²) < 4.78 is 31.2. The number of sulfonamides is 1. The molecule has 0 aliphatic rings. The fourth-order valence-electron chi connectivity index (χ4n) is 1.36. The number of esters is 1. The first-order chi connectivity index (χ1) is 9.47. The summed E-state index contributed by atoms with van der Waals surface area (Å²) in [6.45, 7) is 0. The summed E-state index contributed by atoms with van der Waals surface area (Å²) in [4.78, 5) is 12.0. The average Bonchev–Trinajstić information content (AvgIpc) is 3.06. The van der Waals surface area contributed by atoms with Gasteiger partial charge in [-0.05, 0) is 23.6 Å². The zero-order chi connectivity index (χ0) is 14.8. The van der Waals surface area contributed by atoms with Crippen molar-refractivity contribution in [3.63, 3.8) is 0 Å². The Morgan fingerprint density at radius 2 is 2.15 bits per heavy atom. The van der Waals surface area contributed by atoms with Crippen molar-refractivity contribution in [2.45, 2.75) is 4.21 Å². The molecule has 9 heteroatoms. The van der Waals surface area contributed by atoms with Crippen LogP contribution < -0.4 is 4.72 Å². The van der Waals surface area contributed by atoms with E-state index in [4.69, 9.17) is 5.26 Å². The lowest BCUT2D eigenvalue weighted by Gasteiger charge is -2.06. The Morgan fingerprint density at radius 3 is 2.75 bits per heavy atom. The maximum Gasteiger partial charge on any atom is 0.350 e. The molecular weight excluding hydrogens is 320 g/mol. The number of methoxy groups -OCH3 is 1. The zero-order valence-electron chi connectivity index (χ0n) is 10.1. The van der Waals surface area contributed by atoms with Crippen LogP contribution in [0.25, 0.3) is 0 Å². The number of thiophene rings is 2. The second-order valence-corrected chi connectivity index (χ2v) is 7.40. The summed E-state index contributed by atoms with van der Waals surface area (Å²) in [6.07, 6.45) is 0. The van der Waals surface area contributed by atoms with E-state index >= 15 is 0 Å². The van der Waals surface area contributed by atoms with Crippen LogP contribution in [0.1, 0.15) is 14.5 Å². The third-order valence-electron chi connectivity index (χ3n) is 2.24. The molecule has 2 aromatic rings. The second kappa shape index (κ2) is 5.62. The highest BCUT2D eigenvalue weighted by Gasteiger charge is 2.21. The van der Waals surface area contributed by atoms with Gasteiger partial charge in [-0.3, -0.25) is 4.72 Å². The molecule has 0 bridgehead atoms. The fraction of sp³-hybridized carbons (Fsp3) is 0.0909. The van der Waals surface area contributed by atoms with Gasteiger partial charge in [-0.2, -0.15) is 5.26 Å². The van der Waals surface area contributed by atoms with Crippen molar-refractivity contribution in [3.05, 3.63) is 33.3 Å². The molecule has 0 aliphatic heterocycles. The molecule has 6 nitrogen and oxygen atoms in total. The van der Waals surface area contributed by atoms with Crippen molar-refractivity contribution >= 4 is 44.4 Å². The van der Waals surface area contributed by atoms with Gasteiger partial charge in [0.05, 0.1) is 12.8 Å². The molecule has 104 valence electrons. The first kappa shape index (κ1) is 14.5. The molecule has 0 atom stereocenters. The minimum atomic E-state index is -3.82. The van der Waals surface area contributed by atoms with Gasteiger partial charge < -0.3 is 4.74 Å². The van der Waals surface area contributed by atoms with Crippen molar-refractivity contribution in [2.24, 2.45) is 0 Å². The van der Waals surface area contributed by atoms with E-state index in [9.17, 15) is 13.2 Å². The summed E-state index contributed by atoms with van der Waals surface area (Å²) in [5.74, 6) is -0.610. The standard InChI is InChI=1S/C11H8N2O4S3/c1-17-11(14)10-8(4-5-18-10)13-20(15,16)9-3-2-7(6-12)19-9/h2-5,13H,1H3. The summed E-state index contributed by atoms with van der Waals surface area (Å²) in [7, 11) is -2.60. The molecule has 0 radical (unpaired) electrons. The van der Waals surface area contributed by atoms with Crippen molar-refractivity contribution in [1.29, 1.82) is 5.26 Å². The largest absolute Gasteiger partial charge is 0.465 e. The quantitative estimate of drug-likeness (QED) is 0.869. The molecule has 1 N–H and O–H groups in total. The maximum absolute atomic E-state index is 12.1. The van der Waals surface area contributed by atoms with Crippen LogP contribution in [-0.2, 0) is 14.8 Å². The van der Waals surface area contributed by atoms with Crippen molar-refractivity contribution in [1.82, 2.24) is 0 Å². The molecule has 0 saturated carbocycles.